The van der Waals surface area contributed by atoms with Gasteiger partial charge >= 0.3 is 0 Å². The molecule has 4 saturated carbocycles. The Morgan fingerprint density at radius 2 is 0.962 bits per heavy atom. The smallest absolute Gasteiger partial charge is 0.0210 e. The molecule has 0 heteroatoms. The van der Waals surface area contributed by atoms with E-state index in [1.54, 1.807) is 18.8 Å². The fourth-order valence-corrected chi connectivity index (χ4v) is 6.95. The van der Waals surface area contributed by atoms with E-state index >= 15 is 0 Å². The molecule has 0 N–H and O–H groups in total. The molecular weight excluding hydrogens is 312 g/mol. The van der Waals surface area contributed by atoms with Gasteiger partial charge in [-0.2, -0.15) is 0 Å². The Morgan fingerprint density at radius 1 is 0.500 bits per heavy atom. The van der Waals surface area contributed by atoms with Crippen LogP contribution in [-0.4, -0.2) is 0 Å². The van der Waals surface area contributed by atoms with Crippen molar-refractivity contribution < 1.29 is 0 Å². The Kier molecular flexibility index (Phi) is 6.69. The molecule has 147 valence electrons. The first-order chi connectivity index (χ1) is 12.7. The molecule has 0 aromatic rings. The van der Waals surface area contributed by atoms with Crippen molar-refractivity contribution in [2.75, 3.05) is 0 Å². The van der Waals surface area contributed by atoms with E-state index in [4.69, 9.17) is 0 Å². The lowest BCUT2D eigenvalue weighted by Gasteiger charge is -2.42. The zero-order valence-electron chi connectivity index (χ0n) is 17.7. The van der Waals surface area contributed by atoms with Gasteiger partial charge < -0.3 is 0 Å². The molecule has 0 saturated heterocycles. The average molecular weight is 356 g/mol. The van der Waals surface area contributed by atoms with E-state index in [0.29, 0.717) is 0 Å². The molecule has 3 radical (unpaired) electrons. The summed E-state index contributed by atoms with van der Waals surface area (Å²) in [6.07, 6.45) is 23.9. The van der Waals surface area contributed by atoms with E-state index in [9.17, 15) is 0 Å². The first kappa shape index (κ1) is 19.3. The second-order valence-electron chi connectivity index (χ2n) is 10.7. The third kappa shape index (κ3) is 4.70. The number of hydrogen-bond donors (Lipinski definition) is 0. The lowest BCUT2D eigenvalue weighted by Crippen LogP contribution is -2.30. The van der Waals surface area contributed by atoms with E-state index in [1.165, 1.54) is 89.9 Å². The molecule has 0 spiro atoms. The second-order valence-corrected chi connectivity index (χ2v) is 10.7. The quantitative estimate of drug-likeness (QED) is 0.479. The minimum atomic E-state index is 0.991. The molecule has 0 amide bonds. The summed E-state index contributed by atoms with van der Waals surface area (Å²) in [5, 5.41) is 0. The second kappa shape index (κ2) is 9.00. The van der Waals surface area contributed by atoms with Crippen LogP contribution >= 0.6 is 0 Å². The normalized spacial score (nSPS) is 35.8. The zero-order chi connectivity index (χ0) is 17.9. The molecular formula is C26H43. The van der Waals surface area contributed by atoms with Gasteiger partial charge in [0.15, 0.2) is 0 Å². The third-order valence-electron chi connectivity index (χ3n) is 9.02. The summed E-state index contributed by atoms with van der Waals surface area (Å²) in [6, 6.07) is 0. The molecule has 0 nitrogen and oxygen atoms in total. The molecule has 4 fully saturated rings. The molecule has 0 bridgehead atoms. The number of hydrogen-bond acceptors (Lipinski definition) is 0. The minimum absolute atomic E-state index is 0.991. The zero-order valence-corrected chi connectivity index (χ0v) is 17.7. The van der Waals surface area contributed by atoms with Gasteiger partial charge in [0.2, 0.25) is 0 Å². The molecule has 4 aliphatic carbocycles. The monoisotopic (exact) mass is 355 g/mol. The van der Waals surface area contributed by atoms with Gasteiger partial charge in [-0.3, -0.25) is 0 Å². The highest BCUT2D eigenvalue weighted by molar-refractivity contribution is 5.08. The summed E-state index contributed by atoms with van der Waals surface area (Å²) >= 11 is 0. The summed E-state index contributed by atoms with van der Waals surface area (Å²) in [6.45, 7) is 4.83. The van der Waals surface area contributed by atoms with Crippen molar-refractivity contribution >= 4 is 0 Å². The van der Waals surface area contributed by atoms with Crippen molar-refractivity contribution in [1.82, 2.24) is 0 Å². The van der Waals surface area contributed by atoms with Crippen molar-refractivity contribution in [2.24, 2.45) is 29.6 Å². The Morgan fingerprint density at radius 3 is 1.54 bits per heavy atom. The Bertz CT molecular complexity index is 354. The summed E-state index contributed by atoms with van der Waals surface area (Å²) in [4.78, 5) is 0. The molecule has 4 rings (SSSR count). The fraction of sp³-hybridized carbons (Fsp3) is 0.885. The van der Waals surface area contributed by atoms with E-state index in [-0.39, 0.29) is 0 Å². The van der Waals surface area contributed by atoms with Gasteiger partial charge in [0.25, 0.3) is 0 Å². The molecule has 0 heterocycles. The van der Waals surface area contributed by atoms with Gasteiger partial charge in [-0.05, 0) is 137 Å². The van der Waals surface area contributed by atoms with Crippen LogP contribution in [0, 0.1) is 47.3 Å². The van der Waals surface area contributed by atoms with Crippen LogP contribution in [0.5, 0.6) is 0 Å². The van der Waals surface area contributed by atoms with Crippen molar-refractivity contribution in [2.45, 2.75) is 117 Å². The predicted molar refractivity (Wildman–Crippen MR) is 112 cm³/mol. The minimum Gasteiger partial charge on any atom is -0.0625 e. The third-order valence-corrected chi connectivity index (χ3v) is 9.02. The van der Waals surface area contributed by atoms with E-state index < -0.39 is 0 Å². The van der Waals surface area contributed by atoms with Crippen molar-refractivity contribution in [3.8, 4) is 0 Å². The van der Waals surface area contributed by atoms with Gasteiger partial charge in [-0.25, -0.2) is 0 Å². The van der Waals surface area contributed by atoms with Crippen molar-refractivity contribution in [3.05, 3.63) is 17.8 Å². The average Bonchev–Trinajstić information content (AvgIpc) is 2.70. The van der Waals surface area contributed by atoms with Crippen molar-refractivity contribution in [1.29, 1.82) is 0 Å². The topological polar surface area (TPSA) is 0 Å². The fourth-order valence-electron chi connectivity index (χ4n) is 6.95. The van der Waals surface area contributed by atoms with Crippen LogP contribution in [0.2, 0.25) is 0 Å². The SMILES string of the molecule is C[C]1CCC(C2CCC([C]3CCC([C]4CCC(C)CC4)CC3)CC2)CC1. The van der Waals surface area contributed by atoms with Gasteiger partial charge in [-0.1, -0.05) is 26.7 Å². The standard InChI is InChI=1S/C26H43/c1-19-3-7-21(8-4-19)23-11-15-25(16-12-23)26-17-13-24(14-18-26)22-9-5-20(2)6-10-22/h19,22-24,26H,3-18H2,1-2H3. The van der Waals surface area contributed by atoms with Crippen molar-refractivity contribution in [3.63, 3.8) is 0 Å². The van der Waals surface area contributed by atoms with Crippen LogP contribution in [0.3, 0.4) is 0 Å². The molecule has 0 aromatic heterocycles. The highest BCUT2D eigenvalue weighted by atomic mass is 14.4. The van der Waals surface area contributed by atoms with Gasteiger partial charge in [0.1, 0.15) is 0 Å². The molecule has 0 atom stereocenters. The first-order valence-corrected chi connectivity index (χ1v) is 12.2. The molecule has 0 unspecified atom stereocenters. The van der Waals surface area contributed by atoms with Crippen LogP contribution in [0.1, 0.15) is 117 Å². The van der Waals surface area contributed by atoms with Crippen LogP contribution in [-0.2, 0) is 0 Å². The Balaban J connectivity index is 1.18. The van der Waals surface area contributed by atoms with Gasteiger partial charge in [-0.15, -0.1) is 0 Å². The summed E-state index contributed by atoms with van der Waals surface area (Å²) < 4.78 is 0. The highest BCUT2D eigenvalue weighted by Gasteiger charge is 2.36. The lowest BCUT2D eigenvalue weighted by atomic mass is 9.63. The van der Waals surface area contributed by atoms with E-state index in [0.717, 1.165) is 29.6 Å². The van der Waals surface area contributed by atoms with Crippen LogP contribution < -0.4 is 0 Å². The van der Waals surface area contributed by atoms with E-state index in [1.807, 2.05) is 11.8 Å². The Hall–Kier alpha value is 0. The van der Waals surface area contributed by atoms with Gasteiger partial charge in [0, 0.05) is 0 Å². The first-order valence-electron chi connectivity index (χ1n) is 12.2. The summed E-state index contributed by atoms with van der Waals surface area (Å²) in [5.74, 6) is 10.9. The summed E-state index contributed by atoms with van der Waals surface area (Å²) in [5.41, 5.74) is 0. The van der Waals surface area contributed by atoms with Gasteiger partial charge in [0.05, 0.1) is 0 Å². The van der Waals surface area contributed by atoms with Crippen LogP contribution in [0.4, 0.5) is 0 Å². The predicted octanol–water partition coefficient (Wildman–Crippen LogP) is 8.13. The molecule has 0 aromatic carbocycles. The molecule has 26 heavy (non-hydrogen) atoms. The lowest BCUT2D eigenvalue weighted by molar-refractivity contribution is 0.166. The largest absolute Gasteiger partial charge is 0.0625 e. The number of rotatable bonds is 3. The van der Waals surface area contributed by atoms with Crippen LogP contribution in [0.25, 0.3) is 0 Å². The molecule has 4 aliphatic rings. The highest BCUT2D eigenvalue weighted by Crippen LogP contribution is 2.49. The van der Waals surface area contributed by atoms with E-state index in [2.05, 4.69) is 13.8 Å². The molecule has 0 aliphatic heterocycles. The Labute approximate surface area is 164 Å². The maximum atomic E-state index is 2.45. The summed E-state index contributed by atoms with van der Waals surface area (Å²) in [7, 11) is 0. The van der Waals surface area contributed by atoms with Crippen LogP contribution in [0.15, 0.2) is 0 Å². The maximum Gasteiger partial charge on any atom is -0.0210 e. The maximum absolute atomic E-state index is 2.45.